The Hall–Kier alpha value is -2.49. The van der Waals surface area contributed by atoms with Gasteiger partial charge in [-0.3, -0.25) is 4.79 Å². The number of methoxy groups -OCH3 is 1. The maximum Gasteiger partial charge on any atom is 0.257 e. The average molecular weight is 468 g/mol. The molecule has 1 aliphatic heterocycles. The Kier molecular flexibility index (Phi) is 8.00. The number of nitrogens with one attached hydrogen (secondary N) is 1. The molecular formula is C21H26ClN3O5S. The molecule has 0 aromatic heterocycles. The molecule has 0 radical (unpaired) electrons. The van der Waals surface area contributed by atoms with Crippen LogP contribution < -0.4 is 19.7 Å². The molecule has 1 fully saturated rings. The second kappa shape index (κ2) is 10.7. The fraction of sp³-hybridized carbons (Fsp3) is 0.381. The first-order valence-electron chi connectivity index (χ1n) is 9.90. The Morgan fingerprint density at radius 1 is 1.03 bits per heavy atom. The number of sulfonamides is 1. The van der Waals surface area contributed by atoms with Crippen LogP contribution >= 0.6 is 11.6 Å². The highest BCUT2D eigenvalue weighted by molar-refractivity contribution is 7.89. The van der Waals surface area contributed by atoms with Crippen LogP contribution in [0.4, 0.5) is 5.69 Å². The topological polar surface area (TPSA) is 88.2 Å². The Bertz CT molecular complexity index is 994. The molecule has 1 N–H and O–H groups in total. The summed E-state index contributed by atoms with van der Waals surface area (Å²) in [6, 6.07) is 14.5. The lowest BCUT2D eigenvalue weighted by Crippen LogP contribution is -2.50. The molecule has 0 spiro atoms. The van der Waals surface area contributed by atoms with Crippen LogP contribution in [0.1, 0.15) is 0 Å². The summed E-state index contributed by atoms with van der Waals surface area (Å²) in [7, 11) is -1.96. The molecule has 1 saturated heterocycles. The summed E-state index contributed by atoms with van der Waals surface area (Å²) in [6.07, 6.45) is 0. The highest BCUT2D eigenvalue weighted by Gasteiger charge is 2.27. The van der Waals surface area contributed by atoms with Crippen LogP contribution in [0, 0.1) is 0 Å². The van der Waals surface area contributed by atoms with Crippen LogP contribution in [0.2, 0.25) is 5.02 Å². The van der Waals surface area contributed by atoms with Crippen molar-refractivity contribution in [2.24, 2.45) is 0 Å². The van der Waals surface area contributed by atoms with E-state index in [1.54, 1.807) is 24.3 Å². The van der Waals surface area contributed by atoms with Gasteiger partial charge in [-0.05, 0) is 24.3 Å². The van der Waals surface area contributed by atoms with E-state index in [1.165, 1.54) is 11.4 Å². The van der Waals surface area contributed by atoms with Crippen molar-refractivity contribution >= 4 is 33.2 Å². The second-order valence-electron chi connectivity index (χ2n) is 6.94. The molecule has 0 atom stereocenters. The number of carbonyl (C=O) groups excluding carboxylic acids is 1. The number of piperazine rings is 1. The number of amides is 1. The van der Waals surface area contributed by atoms with Gasteiger partial charge in [0.2, 0.25) is 10.0 Å². The smallest absolute Gasteiger partial charge is 0.257 e. The normalized spacial score (nSPS) is 14.8. The van der Waals surface area contributed by atoms with Gasteiger partial charge in [-0.25, -0.2) is 8.42 Å². The summed E-state index contributed by atoms with van der Waals surface area (Å²) in [6.45, 7) is 1.65. The number of benzene rings is 2. The number of rotatable bonds is 9. The zero-order valence-electron chi connectivity index (χ0n) is 17.3. The van der Waals surface area contributed by atoms with Crippen LogP contribution in [0.25, 0.3) is 0 Å². The van der Waals surface area contributed by atoms with Crippen molar-refractivity contribution in [1.82, 2.24) is 9.62 Å². The van der Waals surface area contributed by atoms with Crippen LogP contribution in [-0.2, 0) is 14.8 Å². The predicted octanol–water partition coefficient (Wildman–Crippen LogP) is 2.00. The summed E-state index contributed by atoms with van der Waals surface area (Å²) >= 11 is 6.23. The van der Waals surface area contributed by atoms with Crippen molar-refractivity contribution in [1.29, 1.82) is 0 Å². The van der Waals surface area contributed by atoms with Crippen molar-refractivity contribution in [3.8, 4) is 11.5 Å². The van der Waals surface area contributed by atoms with Crippen molar-refractivity contribution in [3.05, 3.63) is 53.6 Å². The van der Waals surface area contributed by atoms with E-state index in [9.17, 15) is 13.2 Å². The first-order chi connectivity index (χ1) is 14.9. The maximum atomic E-state index is 12.6. The molecule has 10 heteroatoms. The summed E-state index contributed by atoms with van der Waals surface area (Å²) in [5.41, 5.74) is 0.906. The molecule has 168 valence electrons. The molecule has 0 saturated carbocycles. The third kappa shape index (κ3) is 6.25. The number of hydrogen-bond acceptors (Lipinski definition) is 6. The Labute approximate surface area is 187 Å². The first kappa shape index (κ1) is 23.2. The van der Waals surface area contributed by atoms with E-state index in [0.29, 0.717) is 42.7 Å². The number of halogens is 1. The third-order valence-electron chi connectivity index (χ3n) is 4.94. The standard InChI is InChI=1S/C21H26ClN3O5S/c1-29-19-8-4-5-9-20(19)30-16-21(26)23-10-15-31(27,28)25-13-11-24(12-14-25)18-7-3-2-6-17(18)22/h2-9H,10-16H2,1H3,(H,23,26). The van der Waals surface area contributed by atoms with Gasteiger partial charge in [-0.15, -0.1) is 0 Å². The van der Waals surface area contributed by atoms with Crippen LogP contribution in [-0.4, -0.2) is 70.8 Å². The minimum Gasteiger partial charge on any atom is -0.493 e. The Morgan fingerprint density at radius 3 is 2.35 bits per heavy atom. The Morgan fingerprint density at radius 2 is 1.68 bits per heavy atom. The highest BCUT2D eigenvalue weighted by Crippen LogP contribution is 2.27. The van der Waals surface area contributed by atoms with Crippen molar-refractivity contribution < 1.29 is 22.7 Å². The highest BCUT2D eigenvalue weighted by atomic mass is 35.5. The average Bonchev–Trinajstić information content (AvgIpc) is 2.78. The van der Waals surface area contributed by atoms with E-state index in [0.717, 1.165) is 5.69 Å². The molecule has 8 nitrogen and oxygen atoms in total. The maximum absolute atomic E-state index is 12.6. The minimum atomic E-state index is -3.47. The largest absolute Gasteiger partial charge is 0.493 e. The van der Waals surface area contributed by atoms with Gasteiger partial charge < -0.3 is 19.7 Å². The van der Waals surface area contributed by atoms with E-state index < -0.39 is 15.9 Å². The fourth-order valence-electron chi connectivity index (χ4n) is 3.30. The summed E-state index contributed by atoms with van der Waals surface area (Å²) < 4.78 is 37.3. The molecule has 1 aliphatic rings. The number of carbonyl (C=O) groups is 1. The van der Waals surface area contributed by atoms with Gasteiger partial charge in [0.05, 0.1) is 23.6 Å². The molecule has 2 aromatic rings. The SMILES string of the molecule is COc1ccccc1OCC(=O)NCCS(=O)(=O)N1CCN(c2ccccc2Cl)CC1. The lowest BCUT2D eigenvalue weighted by molar-refractivity contribution is -0.122. The summed E-state index contributed by atoms with van der Waals surface area (Å²) in [5, 5.41) is 3.24. The number of hydrogen-bond donors (Lipinski definition) is 1. The van der Waals surface area contributed by atoms with E-state index in [1.807, 2.05) is 24.3 Å². The van der Waals surface area contributed by atoms with Gasteiger partial charge in [0.15, 0.2) is 18.1 Å². The van der Waals surface area contributed by atoms with Gasteiger partial charge in [-0.1, -0.05) is 35.9 Å². The summed E-state index contributed by atoms with van der Waals surface area (Å²) in [4.78, 5) is 14.1. The lowest BCUT2D eigenvalue weighted by atomic mass is 10.2. The molecular weight excluding hydrogens is 442 g/mol. The number of para-hydroxylation sites is 3. The van der Waals surface area contributed by atoms with Crippen LogP contribution in [0.15, 0.2) is 48.5 Å². The molecule has 1 amide bonds. The van der Waals surface area contributed by atoms with Crippen LogP contribution in [0.5, 0.6) is 11.5 Å². The number of ether oxygens (including phenoxy) is 2. The zero-order valence-corrected chi connectivity index (χ0v) is 18.9. The third-order valence-corrected chi connectivity index (χ3v) is 7.13. The predicted molar refractivity (Wildman–Crippen MR) is 121 cm³/mol. The Balaban J connectivity index is 1.42. The fourth-order valence-corrected chi connectivity index (χ4v) is 4.89. The van der Waals surface area contributed by atoms with E-state index >= 15 is 0 Å². The van der Waals surface area contributed by atoms with Gasteiger partial charge in [-0.2, -0.15) is 4.31 Å². The molecule has 3 rings (SSSR count). The van der Waals surface area contributed by atoms with Gasteiger partial charge >= 0.3 is 0 Å². The number of anilines is 1. The molecule has 1 heterocycles. The van der Waals surface area contributed by atoms with E-state index in [2.05, 4.69) is 10.2 Å². The van der Waals surface area contributed by atoms with Crippen LogP contribution in [0.3, 0.4) is 0 Å². The van der Waals surface area contributed by atoms with E-state index in [-0.39, 0.29) is 18.9 Å². The van der Waals surface area contributed by atoms with Gasteiger partial charge in [0.25, 0.3) is 5.91 Å². The molecule has 0 bridgehead atoms. The van der Waals surface area contributed by atoms with Gasteiger partial charge in [0.1, 0.15) is 0 Å². The quantitative estimate of drug-likeness (QED) is 0.606. The van der Waals surface area contributed by atoms with Crippen molar-refractivity contribution in [3.63, 3.8) is 0 Å². The molecule has 31 heavy (non-hydrogen) atoms. The number of nitrogens with zero attached hydrogens (tertiary/aromatic N) is 2. The lowest BCUT2D eigenvalue weighted by Gasteiger charge is -2.35. The zero-order chi connectivity index (χ0) is 22.3. The summed E-state index contributed by atoms with van der Waals surface area (Å²) in [5.74, 6) is 0.405. The van der Waals surface area contributed by atoms with Gasteiger partial charge in [0, 0.05) is 32.7 Å². The van der Waals surface area contributed by atoms with E-state index in [4.69, 9.17) is 21.1 Å². The monoisotopic (exact) mass is 467 g/mol. The second-order valence-corrected chi connectivity index (χ2v) is 9.44. The molecule has 0 aliphatic carbocycles. The van der Waals surface area contributed by atoms with Crippen molar-refractivity contribution in [2.75, 3.05) is 57.1 Å². The molecule has 0 unspecified atom stereocenters. The van der Waals surface area contributed by atoms with Crippen molar-refractivity contribution in [2.45, 2.75) is 0 Å². The first-order valence-corrected chi connectivity index (χ1v) is 11.9. The minimum absolute atomic E-state index is 0.0151. The molecule has 2 aromatic carbocycles.